The van der Waals surface area contributed by atoms with E-state index in [-0.39, 0.29) is 0 Å². The summed E-state index contributed by atoms with van der Waals surface area (Å²) in [5.41, 5.74) is 5.46. The van der Waals surface area contributed by atoms with Gasteiger partial charge in [-0.2, -0.15) is 0 Å². The van der Waals surface area contributed by atoms with Gasteiger partial charge < -0.3 is 10.2 Å². The molecule has 0 bridgehead atoms. The molecule has 0 radical (unpaired) electrons. The Morgan fingerprint density at radius 1 is 1.22 bits per heavy atom. The Labute approximate surface area is 108 Å². The van der Waals surface area contributed by atoms with Crippen LogP contribution in [0.3, 0.4) is 0 Å². The topological polar surface area (TPSA) is 64.9 Å². The van der Waals surface area contributed by atoms with Crippen molar-refractivity contribution in [2.24, 2.45) is 5.73 Å². The second-order valence-corrected chi connectivity index (χ2v) is 5.13. The van der Waals surface area contributed by atoms with Crippen LogP contribution in [0.15, 0.2) is 34.7 Å². The van der Waals surface area contributed by atoms with Crippen LogP contribution >= 0.6 is 11.3 Å². The van der Waals surface area contributed by atoms with E-state index in [4.69, 9.17) is 10.2 Å². The van der Waals surface area contributed by atoms with Gasteiger partial charge in [-0.3, -0.25) is 0 Å². The lowest BCUT2D eigenvalue weighted by molar-refractivity contribution is 0.500. The SMILES string of the molecule is NCCCc1nnc(-c2cc3ccccc3s2)o1. The predicted octanol–water partition coefficient (Wildman–Crippen LogP) is 2.84. The van der Waals surface area contributed by atoms with Crippen LogP contribution in [0.5, 0.6) is 0 Å². The zero-order valence-corrected chi connectivity index (χ0v) is 10.6. The Hall–Kier alpha value is -1.72. The van der Waals surface area contributed by atoms with Gasteiger partial charge in [0.25, 0.3) is 5.89 Å². The van der Waals surface area contributed by atoms with E-state index >= 15 is 0 Å². The maximum atomic E-state index is 5.63. The number of fused-ring (bicyclic) bond motifs is 1. The molecule has 0 saturated carbocycles. The normalized spacial score (nSPS) is 11.2. The van der Waals surface area contributed by atoms with Crippen LogP contribution in [-0.4, -0.2) is 16.7 Å². The van der Waals surface area contributed by atoms with Crippen LogP contribution in [0.25, 0.3) is 20.9 Å². The molecule has 0 saturated heterocycles. The Bertz CT molecular complexity index is 626. The molecule has 0 spiro atoms. The lowest BCUT2D eigenvalue weighted by Gasteiger charge is -1.89. The third kappa shape index (κ3) is 2.14. The number of nitrogens with zero attached hydrogens (tertiary/aromatic N) is 2. The summed E-state index contributed by atoms with van der Waals surface area (Å²) in [4.78, 5) is 1.02. The first kappa shape index (κ1) is 11.4. The molecule has 5 heteroatoms. The van der Waals surface area contributed by atoms with Gasteiger partial charge in [-0.15, -0.1) is 21.5 Å². The summed E-state index contributed by atoms with van der Waals surface area (Å²) in [6, 6.07) is 10.3. The fourth-order valence-electron chi connectivity index (χ4n) is 1.79. The number of benzene rings is 1. The van der Waals surface area contributed by atoms with E-state index in [1.165, 1.54) is 10.1 Å². The minimum Gasteiger partial charge on any atom is -0.420 e. The molecule has 2 aromatic heterocycles. The summed E-state index contributed by atoms with van der Waals surface area (Å²) in [6.45, 7) is 0.639. The summed E-state index contributed by atoms with van der Waals surface area (Å²) in [5.74, 6) is 1.26. The van der Waals surface area contributed by atoms with Crippen LogP contribution in [-0.2, 0) is 6.42 Å². The molecule has 0 aliphatic heterocycles. The standard InChI is InChI=1S/C13H13N3OS/c14-7-3-6-12-15-16-13(17-12)11-8-9-4-1-2-5-10(9)18-11/h1-2,4-5,8H,3,6-7,14H2. The third-order valence-electron chi connectivity index (χ3n) is 2.70. The van der Waals surface area contributed by atoms with Crippen LogP contribution < -0.4 is 5.73 Å². The minimum atomic E-state index is 0.600. The largest absolute Gasteiger partial charge is 0.420 e. The number of hydrogen-bond donors (Lipinski definition) is 1. The van der Waals surface area contributed by atoms with Crippen molar-refractivity contribution in [1.82, 2.24) is 10.2 Å². The molecule has 18 heavy (non-hydrogen) atoms. The van der Waals surface area contributed by atoms with Crippen molar-refractivity contribution in [3.05, 3.63) is 36.2 Å². The number of nitrogens with two attached hydrogens (primary N) is 1. The molecular formula is C13H13N3OS. The molecular weight excluding hydrogens is 246 g/mol. The van der Waals surface area contributed by atoms with Gasteiger partial charge in [0.05, 0.1) is 4.88 Å². The zero-order valence-electron chi connectivity index (χ0n) is 9.80. The Balaban J connectivity index is 1.91. The van der Waals surface area contributed by atoms with Crippen LogP contribution in [0.1, 0.15) is 12.3 Å². The van der Waals surface area contributed by atoms with Gasteiger partial charge in [0.2, 0.25) is 5.89 Å². The monoisotopic (exact) mass is 259 g/mol. The zero-order chi connectivity index (χ0) is 12.4. The van der Waals surface area contributed by atoms with Crippen molar-refractivity contribution in [2.45, 2.75) is 12.8 Å². The van der Waals surface area contributed by atoms with Gasteiger partial charge in [0.15, 0.2) is 0 Å². The lowest BCUT2D eigenvalue weighted by Crippen LogP contribution is -2.00. The molecule has 2 N–H and O–H groups in total. The molecule has 0 atom stereocenters. The summed E-state index contributed by atoms with van der Waals surface area (Å²) >= 11 is 1.67. The Morgan fingerprint density at radius 3 is 2.94 bits per heavy atom. The summed E-state index contributed by atoms with van der Waals surface area (Å²) in [7, 11) is 0. The van der Waals surface area contributed by atoms with E-state index in [1.807, 2.05) is 12.1 Å². The molecule has 92 valence electrons. The van der Waals surface area contributed by atoms with Gasteiger partial charge in [-0.25, -0.2) is 0 Å². The number of aromatic nitrogens is 2. The van der Waals surface area contributed by atoms with Gasteiger partial charge in [0.1, 0.15) is 0 Å². The van der Waals surface area contributed by atoms with Gasteiger partial charge in [-0.1, -0.05) is 18.2 Å². The Morgan fingerprint density at radius 2 is 2.11 bits per heavy atom. The van der Waals surface area contributed by atoms with Crippen molar-refractivity contribution in [2.75, 3.05) is 6.54 Å². The molecule has 1 aromatic carbocycles. The molecule has 0 aliphatic carbocycles. The highest BCUT2D eigenvalue weighted by Crippen LogP contribution is 2.32. The van der Waals surface area contributed by atoms with Crippen LogP contribution in [0.4, 0.5) is 0 Å². The number of rotatable bonds is 4. The van der Waals surface area contributed by atoms with E-state index in [1.54, 1.807) is 11.3 Å². The molecule has 4 nitrogen and oxygen atoms in total. The quantitative estimate of drug-likeness (QED) is 0.782. The molecule has 3 rings (SSSR count). The average Bonchev–Trinajstić information content (AvgIpc) is 3.02. The molecule has 0 aliphatic rings. The van der Waals surface area contributed by atoms with Crippen molar-refractivity contribution in [3.8, 4) is 10.8 Å². The van der Waals surface area contributed by atoms with Crippen molar-refractivity contribution in [1.29, 1.82) is 0 Å². The van der Waals surface area contributed by atoms with Crippen molar-refractivity contribution in [3.63, 3.8) is 0 Å². The van der Waals surface area contributed by atoms with E-state index < -0.39 is 0 Å². The van der Waals surface area contributed by atoms with E-state index in [0.717, 1.165) is 17.7 Å². The number of hydrogen-bond acceptors (Lipinski definition) is 5. The fraction of sp³-hybridized carbons (Fsp3) is 0.231. The number of aryl methyl sites for hydroxylation is 1. The molecule has 3 aromatic rings. The van der Waals surface area contributed by atoms with Gasteiger partial charge >= 0.3 is 0 Å². The Kier molecular flexibility index (Phi) is 3.08. The average molecular weight is 259 g/mol. The van der Waals surface area contributed by atoms with Gasteiger partial charge in [0, 0.05) is 11.1 Å². The summed E-state index contributed by atoms with van der Waals surface area (Å²) in [5, 5.41) is 9.33. The summed E-state index contributed by atoms with van der Waals surface area (Å²) < 4.78 is 6.86. The highest BCUT2D eigenvalue weighted by Gasteiger charge is 2.11. The maximum Gasteiger partial charge on any atom is 0.257 e. The second-order valence-electron chi connectivity index (χ2n) is 4.04. The van der Waals surface area contributed by atoms with Crippen molar-refractivity contribution < 1.29 is 4.42 Å². The first-order valence-corrected chi connectivity index (χ1v) is 6.70. The molecule has 0 amide bonds. The molecule has 0 unspecified atom stereocenters. The fourth-order valence-corrected chi connectivity index (χ4v) is 2.78. The van der Waals surface area contributed by atoms with E-state index in [0.29, 0.717) is 18.3 Å². The predicted molar refractivity (Wildman–Crippen MR) is 72.5 cm³/mol. The molecule has 0 fully saturated rings. The highest BCUT2D eigenvalue weighted by atomic mass is 32.1. The lowest BCUT2D eigenvalue weighted by atomic mass is 10.2. The highest BCUT2D eigenvalue weighted by molar-refractivity contribution is 7.22. The molecule has 2 heterocycles. The first-order chi connectivity index (χ1) is 8.86. The van der Waals surface area contributed by atoms with E-state index in [2.05, 4.69) is 28.4 Å². The van der Waals surface area contributed by atoms with E-state index in [9.17, 15) is 0 Å². The van der Waals surface area contributed by atoms with Crippen LogP contribution in [0.2, 0.25) is 0 Å². The number of thiophene rings is 1. The maximum absolute atomic E-state index is 5.63. The summed E-state index contributed by atoms with van der Waals surface area (Å²) in [6.07, 6.45) is 1.61. The minimum absolute atomic E-state index is 0.600. The third-order valence-corrected chi connectivity index (χ3v) is 3.80. The van der Waals surface area contributed by atoms with Crippen molar-refractivity contribution >= 4 is 21.4 Å². The smallest absolute Gasteiger partial charge is 0.257 e. The van der Waals surface area contributed by atoms with Crippen LogP contribution in [0, 0.1) is 0 Å². The first-order valence-electron chi connectivity index (χ1n) is 5.88. The van der Waals surface area contributed by atoms with Gasteiger partial charge in [-0.05, 0) is 30.5 Å². The second kappa shape index (κ2) is 4.88.